The summed E-state index contributed by atoms with van der Waals surface area (Å²) in [4.78, 5) is 29.4. The normalized spacial score (nSPS) is 16.7. The van der Waals surface area contributed by atoms with Crippen molar-refractivity contribution in [3.63, 3.8) is 0 Å². The number of carbonyl (C=O) groups is 1. The van der Waals surface area contributed by atoms with E-state index in [0.717, 1.165) is 25.9 Å². The maximum absolute atomic E-state index is 12.3. The van der Waals surface area contributed by atoms with Gasteiger partial charge in [-0.25, -0.2) is 0 Å². The lowest BCUT2D eigenvalue weighted by molar-refractivity contribution is 0.0893. The number of benzene rings is 1. The molecule has 1 aliphatic heterocycles. The predicted molar refractivity (Wildman–Crippen MR) is 105 cm³/mol. The van der Waals surface area contributed by atoms with Gasteiger partial charge in [0.1, 0.15) is 0 Å². The molecule has 0 spiro atoms. The highest BCUT2D eigenvalue weighted by molar-refractivity contribution is 5.94. The molecule has 1 aromatic carbocycles. The fourth-order valence-electron chi connectivity index (χ4n) is 3.24. The van der Waals surface area contributed by atoms with Crippen molar-refractivity contribution in [3.8, 4) is 0 Å². The molecule has 0 radical (unpaired) electrons. The first-order chi connectivity index (χ1) is 12.9. The fourth-order valence-corrected chi connectivity index (χ4v) is 3.24. The Labute approximate surface area is 159 Å². The zero-order valence-electron chi connectivity index (χ0n) is 16.1. The van der Waals surface area contributed by atoms with Gasteiger partial charge in [-0.1, -0.05) is 18.2 Å². The number of amides is 1. The second kappa shape index (κ2) is 8.30. The molecule has 0 aliphatic carbocycles. The zero-order valence-corrected chi connectivity index (χ0v) is 16.1. The lowest BCUT2D eigenvalue weighted by Gasteiger charge is -2.35. The SMILES string of the molecule is C[C@H](c1nc(N)nc(N(C)C)n1)N1CCC(NC(=O)c2ccccc2)CC1. The van der Waals surface area contributed by atoms with Crippen LogP contribution in [0.2, 0.25) is 0 Å². The molecule has 2 heterocycles. The second-order valence-electron chi connectivity index (χ2n) is 7.07. The van der Waals surface area contributed by atoms with Crippen LogP contribution in [0, 0.1) is 0 Å². The summed E-state index contributed by atoms with van der Waals surface area (Å²) < 4.78 is 0. The molecule has 8 heteroatoms. The van der Waals surface area contributed by atoms with Crippen molar-refractivity contribution in [2.75, 3.05) is 37.8 Å². The number of hydrogen-bond acceptors (Lipinski definition) is 7. The summed E-state index contributed by atoms with van der Waals surface area (Å²) in [5, 5.41) is 3.13. The quantitative estimate of drug-likeness (QED) is 0.823. The van der Waals surface area contributed by atoms with Crippen molar-refractivity contribution in [2.45, 2.75) is 31.8 Å². The molecule has 1 amide bonds. The van der Waals surface area contributed by atoms with E-state index in [4.69, 9.17) is 5.73 Å². The standard InChI is InChI=1S/C19H27N7O/c1-13(16-22-18(20)24-19(23-16)25(2)3)26-11-9-15(10-12-26)21-17(27)14-7-5-4-6-8-14/h4-8,13,15H,9-12H2,1-3H3,(H,21,27)(H2,20,22,23,24)/t13-/m1/s1. The molecular weight excluding hydrogens is 342 g/mol. The van der Waals surface area contributed by atoms with Crippen LogP contribution in [0.4, 0.5) is 11.9 Å². The number of nitrogen functional groups attached to an aromatic ring is 1. The molecule has 1 aromatic heterocycles. The first-order valence-corrected chi connectivity index (χ1v) is 9.23. The Morgan fingerprint density at radius 1 is 1.19 bits per heavy atom. The van der Waals surface area contributed by atoms with Crippen LogP contribution in [0.5, 0.6) is 0 Å². The minimum Gasteiger partial charge on any atom is -0.368 e. The average molecular weight is 369 g/mol. The molecule has 27 heavy (non-hydrogen) atoms. The topological polar surface area (TPSA) is 100 Å². The van der Waals surface area contributed by atoms with Gasteiger partial charge in [-0.3, -0.25) is 9.69 Å². The summed E-state index contributed by atoms with van der Waals surface area (Å²) in [6.07, 6.45) is 1.79. The number of piperidine rings is 1. The number of nitrogens with two attached hydrogens (primary N) is 1. The largest absolute Gasteiger partial charge is 0.368 e. The van der Waals surface area contributed by atoms with Gasteiger partial charge in [0, 0.05) is 38.8 Å². The lowest BCUT2D eigenvalue weighted by atomic mass is 10.0. The Morgan fingerprint density at radius 3 is 2.48 bits per heavy atom. The number of carbonyl (C=O) groups excluding carboxylic acids is 1. The van der Waals surface area contributed by atoms with Gasteiger partial charge in [-0.05, 0) is 31.9 Å². The summed E-state index contributed by atoms with van der Waals surface area (Å²) in [5.41, 5.74) is 6.54. The Bertz CT molecular complexity index is 773. The maximum atomic E-state index is 12.3. The van der Waals surface area contributed by atoms with Crippen molar-refractivity contribution in [3.05, 3.63) is 41.7 Å². The number of aromatic nitrogens is 3. The smallest absolute Gasteiger partial charge is 0.251 e. The van der Waals surface area contributed by atoms with Crippen LogP contribution in [0.15, 0.2) is 30.3 Å². The molecule has 1 fully saturated rings. The molecule has 0 bridgehead atoms. The van der Waals surface area contributed by atoms with Gasteiger partial charge in [0.05, 0.1) is 6.04 Å². The molecule has 1 atom stereocenters. The maximum Gasteiger partial charge on any atom is 0.251 e. The van der Waals surface area contributed by atoms with Crippen LogP contribution >= 0.6 is 0 Å². The molecule has 0 unspecified atom stereocenters. The molecule has 0 saturated carbocycles. The van der Waals surface area contributed by atoms with Crippen molar-refractivity contribution in [1.82, 2.24) is 25.2 Å². The molecule has 144 valence electrons. The van der Waals surface area contributed by atoms with E-state index in [0.29, 0.717) is 17.3 Å². The number of nitrogens with one attached hydrogen (secondary N) is 1. The minimum absolute atomic E-state index is 0.0111. The Kier molecular flexibility index (Phi) is 5.85. The van der Waals surface area contributed by atoms with E-state index in [9.17, 15) is 4.79 Å². The van der Waals surface area contributed by atoms with E-state index in [2.05, 4.69) is 32.1 Å². The van der Waals surface area contributed by atoms with Crippen molar-refractivity contribution >= 4 is 17.8 Å². The van der Waals surface area contributed by atoms with Gasteiger partial charge in [-0.15, -0.1) is 0 Å². The first-order valence-electron chi connectivity index (χ1n) is 9.23. The number of nitrogens with zero attached hydrogens (tertiary/aromatic N) is 5. The van der Waals surface area contributed by atoms with E-state index < -0.39 is 0 Å². The van der Waals surface area contributed by atoms with Gasteiger partial charge in [0.15, 0.2) is 5.82 Å². The second-order valence-corrected chi connectivity index (χ2v) is 7.07. The van der Waals surface area contributed by atoms with E-state index >= 15 is 0 Å². The molecule has 1 aliphatic rings. The predicted octanol–water partition coefficient (Wildman–Crippen LogP) is 1.48. The van der Waals surface area contributed by atoms with Crippen LogP contribution in [0.1, 0.15) is 42.0 Å². The fraction of sp³-hybridized carbons (Fsp3) is 0.474. The number of rotatable bonds is 5. The van der Waals surface area contributed by atoms with Crippen LogP contribution in [0.25, 0.3) is 0 Å². The lowest BCUT2D eigenvalue weighted by Crippen LogP contribution is -2.45. The summed E-state index contributed by atoms with van der Waals surface area (Å²) in [6.45, 7) is 3.81. The molecule has 1 saturated heterocycles. The van der Waals surface area contributed by atoms with Gasteiger partial charge >= 0.3 is 0 Å². The first kappa shape index (κ1) is 19.0. The third-order valence-corrected chi connectivity index (χ3v) is 4.88. The highest BCUT2D eigenvalue weighted by atomic mass is 16.1. The van der Waals surface area contributed by atoms with Crippen molar-refractivity contribution < 1.29 is 4.79 Å². The summed E-state index contributed by atoms with van der Waals surface area (Å²) in [7, 11) is 3.76. The minimum atomic E-state index is -0.0111. The van der Waals surface area contributed by atoms with Gasteiger partial charge in [0.2, 0.25) is 11.9 Å². The number of hydrogen-bond donors (Lipinski definition) is 2. The molecule has 3 N–H and O–H groups in total. The third-order valence-electron chi connectivity index (χ3n) is 4.88. The van der Waals surface area contributed by atoms with E-state index in [1.54, 1.807) is 0 Å². The molecule has 3 rings (SSSR count). The van der Waals surface area contributed by atoms with Crippen LogP contribution in [-0.2, 0) is 0 Å². The molecular formula is C19H27N7O. The monoisotopic (exact) mass is 369 g/mol. The summed E-state index contributed by atoms with van der Waals surface area (Å²) in [5.74, 6) is 1.47. The van der Waals surface area contributed by atoms with E-state index in [-0.39, 0.29) is 23.9 Å². The number of likely N-dealkylation sites (tertiary alicyclic amines) is 1. The van der Waals surface area contributed by atoms with Gasteiger partial charge < -0.3 is 16.0 Å². The van der Waals surface area contributed by atoms with Crippen molar-refractivity contribution in [1.29, 1.82) is 0 Å². The van der Waals surface area contributed by atoms with Crippen LogP contribution in [-0.4, -0.2) is 59.0 Å². The van der Waals surface area contributed by atoms with E-state index in [1.165, 1.54) is 0 Å². The number of anilines is 2. The van der Waals surface area contributed by atoms with E-state index in [1.807, 2.05) is 49.3 Å². The van der Waals surface area contributed by atoms with Gasteiger partial charge in [-0.2, -0.15) is 15.0 Å². The molecule has 8 nitrogen and oxygen atoms in total. The average Bonchev–Trinajstić information content (AvgIpc) is 2.68. The zero-order chi connectivity index (χ0) is 19.4. The molecule has 2 aromatic rings. The highest BCUT2D eigenvalue weighted by Gasteiger charge is 2.26. The summed E-state index contributed by atoms with van der Waals surface area (Å²) >= 11 is 0. The van der Waals surface area contributed by atoms with Crippen LogP contribution < -0.4 is 16.0 Å². The Balaban J connectivity index is 1.58. The van der Waals surface area contributed by atoms with Crippen LogP contribution in [0.3, 0.4) is 0 Å². The van der Waals surface area contributed by atoms with Crippen molar-refractivity contribution in [2.24, 2.45) is 0 Å². The highest BCUT2D eigenvalue weighted by Crippen LogP contribution is 2.23. The third kappa shape index (κ3) is 4.71. The Hall–Kier alpha value is -2.74. The summed E-state index contributed by atoms with van der Waals surface area (Å²) in [6, 6.07) is 9.55. The Morgan fingerprint density at radius 2 is 1.85 bits per heavy atom. The van der Waals surface area contributed by atoms with Gasteiger partial charge in [0.25, 0.3) is 5.91 Å².